The van der Waals surface area contributed by atoms with E-state index in [0.717, 1.165) is 6.42 Å². The summed E-state index contributed by atoms with van der Waals surface area (Å²) in [4.78, 5) is 13.2. The van der Waals surface area contributed by atoms with Crippen LogP contribution in [0.1, 0.15) is 33.6 Å². The zero-order valence-electron chi connectivity index (χ0n) is 9.58. The highest BCUT2D eigenvalue weighted by molar-refractivity contribution is 5.82. The lowest BCUT2D eigenvalue weighted by Crippen LogP contribution is -2.53. The standard InChI is InChI=1S/C10H22N2O2/c1-5-6-8(11)9(14)12(4)10(2,3)7-13/h8,13H,5-7,11H2,1-4H3. The number of hydrogen-bond donors (Lipinski definition) is 2. The Morgan fingerprint density at radius 1 is 1.57 bits per heavy atom. The molecule has 0 aliphatic rings. The smallest absolute Gasteiger partial charge is 0.239 e. The second kappa shape index (κ2) is 5.32. The van der Waals surface area contributed by atoms with Crippen LogP contribution in [-0.2, 0) is 4.79 Å². The van der Waals surface area contributed by atoms with E-state index in [2.05, 4.69) is 0 Å². The normalized spacial score (nSPS) is 13.9. The van der Waals surface area contributed by atoms with E-state index >= 15 is 0 Å². The lowest BCUT2D eigenvalue weighted by molar-refractivity contribution is -0.137. The van der Waals surface area contributed by atoms with Gasteiger partial charge in [-0.2, -0.15) is 0 Å². The van der Waals surface area contributed by atoms with Crippen LogP contribution < -0.4 is 5.73 Å². The highest BCUT2D eigenvalue weighted by Crippen LogP contribution is 2.13. The lowest BCUT2D eigenvalue weighted by Gasteiger charge is -2.35. The molecule has 0 aromatic rings. The van der Waals surface area contributed by atoms with Crippen molar-refractivity contribution in [2.75, 3.05) is 13.7 Å². The largest absolute Gasteiger partial charge is 0.394 e. The molecule has 1 amide bonds. The van der Waals surface area contributed by atoms with Gasteiger partial charge in [-0.05, 0) is 20.3 Å². The van der Waals surface area contributed by atoms with Gasteiger partial charge in [0.1, 0.15) is 0 Å². The van der Waals surface area contributed by atoms with Crippen molar-refractivity contribution >= 4 is 5.91 Å². The molecule has 4 heteroatoms. The molecule has 84 valence electrons. The van der Waals surface area contributed by atoms with Gasteiger partial charge in [-0.15, -0.1) is 0 Å². The average Bonchev–Trinajstić information content (AvgIpc) is 2.15. The van der Waals surface area contributed by atoms with Crippen molar-refractivity contribution in [3.63, 3.8) is 0 Å². The fourth-order valence-corrected chi connectivity index (χ4v) is 1.09. The number of amides is 1. The summed E-state index contributed by atoms with van der Waals surface area (Å²) in [5.74, 6) is -0.106. The molecule has 0 spiro atoms. The van der Waals surface area contributed by atoms with E-state index in [9.17, 15) is 4.79 Å². The summed E-state index contributed by atoms with van der Waals surface area (Å²) in [6.45, 7) is 5.55. The third-order valence-corrected chi connectivity index (χ3v) is 2.54. The number of nitrogens with two attached hydrogens (primary N) is 1. The molecular formula is C10H22N2O2. The van der Waals surface area contributed by atoms with Crippen molar-refractivity contribution in [2.24, 2.45) is 5.73 Å². The van der Waals surface area contributed by atoms with Crippen molar-refractivity contribution in [1.82, 2.24) is 4.90 Å². The van der Waals surface area contributed by atoms with E-state index in [1.807, 2.05) is 20.8 Å². The Balaban J connectivity index is 4.38. The van der Waals surface area contributed by atoms with E-state index in [-0.39, 0.29) is 12.5 Å². The molecule has 0 bridgehead atoms. The molecule has 0 saturated heterocycles. The van der Waals surface area contributed by atoms with Gasteiger partial charge in [-0.1, -0.05) is 13.3 Å². The first-order valence-corrected chi connectivity index (χ1v) is 5.01. The number of aliphatic hydroxyl groups excluding tert-OH is 1. The highest BCUT2D eigenvalue weighted by atomic mass is 16.3. The summed E-state index contributed by atoms with van der Waals surface area (Å²) in [5, 5.41) is 9.09. The molecule has 0 heterocycles. The molecule has 1 unspecified atom stereocenters. The van der Waals surface area contributed by atoms with Gasteiger partial charge in [0.25, 0.3) is 0 Å². The molecule has 0 fully saturated rings. The maximum atomic E-state index is 11.7. The van der Waals surface area contributed by atoms with E-state index in [1.54, 1.807) is 7.05 Å². The zero-order valence-corrected chi connectivity index (χ0v) is 9.58. The van der Waals surface area contributed by atoms with Crippen LogP contribution in [-0.4, -0.2) is 41.1 Å². The third-order valence-electron chi connectivity index (χ3n) is 2.54. The minimum absolute atomic E-state index is 0.0614. The van der Waals surface area contributed by atoms with Crippen LogP contribution in [0.25, 0.3) is 0 Å². The van der Waals surface area contributed by atoms with Gasteiger partial charge in [-0.3, -0.25) is 4.79 Å². The second-order valence-corrected chi connectivity index (χ2v) is 4.26. The van der Waals surface area contributed by atoms with Crippen molar-refractivity contribution in [3.05, 3.63) is 0 Å². The molecule has 0 aliphatic carbocycles. The Labute approximate surface area is 86.1 Å². The fourth-order valence-electron chi connectivity index (χ4n) is 1.09. The molecule has 0 aromatic heterocycles. The topological polar surface area (TPSA) is 66.6 Å². The first-order chi connectivity index (χ1) is 6.36. The monoisotopic (exact) mass is 202 g/mol. The molecule has 1 atom stereocenters. The maximum absolute atomic E-state index is 11.7. The summed E-state index contributed by atoms with van der Waals surface area (Å²) in [7, 11) is 1.67. The Morgan fingerprint density at radius 3 is 2.43 bits per heavy atom. The second-order valence-electron chi connectivity index (χ2n) is 4.26. The summed E-state index contributed by atoms with van der Waals surface area (Å²) in [5.41, 5.74) is 5.17. The highest BCUT2D eigenvalue weighted by Gasteiger charge is 2.29. The zero-order chi connectivity index (χ0) is 11.4. The van der Waals surface area contributed by atoms with Gasteiger partial charge >= 0.3 is 0 Å². The van der Waals surface area contributed by atoms with Crippen LogP contribution in [0.2, 0.25) is 0 Å². The van der Waals surface area contributed by atoms with E-state index in [1.165, 1.54) is 4.90 Å². The first-order valence-electron chi connectivity index (χ1n) is 5.01. The van der Waals surface area contributed by atoms with Gasteiger partial charge in [0.15, 0.2) is 0 Å². The molecule has 4 nitrogen and oxygen atoms in total. The lowest BCUT2D eigenvalue weighted by atomic mass is 10.0. The molecule has 0 radical (unpaired) electrons. The Kier molecular flexibility index (Phi) is 5.08. The molecule has 0 aromatic carbocycles. The Hall–Kier alpha value is -0.610. The van der Waals surface area contributed by atoms with Crippen molar-refractivity contribution < 1.29 is 9.90 Å². The van der Waals surface area contributed by atoms with Crippen molar-refractivity contribution in [1.29, 1.82) is 0 Å². The number of hydrogen-bond acceptors (Lipinski definition) is 3. The SMILES string of the molecule is CCCC(N)C(=O)N(C)C(C)(C)CO. The van der Waals surface area contributed by atoms with Gasteiger partial charge in [-0.25, -0.2) is 0 Å². The molecule has 3 N–H and O–H groups in total. The third kappa shape index (κ3) is 3.27. The molecule has 0 rings (SSSR count). The maximum Gasteiger partial charge on any atom is 0.239 e. The van der Waals surface area contributed by atoms with E-state index in [4.69, 9.17) is 10.8 Å². The van der Waals surface area contributed by atoms with E-state index in [0.29, 0.717) is 6.42 Å². The Bertz CT molecular complexity index is 193. The van der Waals surface area contributed by atoms with E-state index < -0.39 is 11.6 Å². The van der Waals surface area contributed by atoms with Crippen LogP contribution in [0.15, 0.2) is 0 Å². The van der Waals surface area contributed by atoms with Gasteiger partial charge < -0.3 is 15.7 Å². The molecule has 0 saturated carbocycles. The molecule has 0 aliphatic heterocycles. The van der Waals surface area contributed by atoms with Crippen LogP contribution in [0.3, 0.4) is 0 Å². The van der Waals surface area contributed by atoms with Gasteiger partial charge in [0, 0.05) is 7.05 Å². The number of aliphatic hydroxyl groups is 1. The van der Waals surface area contributed by atoms with Crippen LogP contribution in [0, 0.1) is 0 Å². The fraction of sp³-hybridized carbons (Fsp3) is 0.900. The molecule has 14 heavy (non-hydrogen) atoms. The minimum atomic E-state index is -0.539. The van der Waals surface area contributed by atoms with Gasteiger partial charge in [0.2, 0.25) is 5.91 Å². The predicted octanol–water partition coefficient (Wildman–Crippen LogP) is 0.343. The molecular weight excluding hydrogens is 180 g/mol. The van der Waals surface area contributed by atoms with Crippen molar-refractivity contribution in [3.8, 4) is 0 Å². The van der Waals surface area contributed by atoms with Crippen LogP contribution in [0.5, 0.6) is 0 Å². The number of rotatable bonds is 5. The summed E-state index contributed by atoms with van der Waals surface area (Å²) in [6, 6.07) is -0.448. The number of nitrogens with zero attached hydrogens (tertiary/aromatic N) is 1. The predicted molar refractivity (Wildman–Crippen MR) is 56.8 cm³/mol. The number of likely N-dealkylation sites (N-methyl/N-ethyl adjacent to an activating group) is 1. The summed E-state index contributed by atoms with van der Waals surface area (Å²) in [6.07, 6.45) is 1.57. The quantitative estimate of drug-likeness (QED) is 0.675. The minimum Gasteiger partial charge on any atom is -0.394 e. The average molecular weight is 202 g/mol. The Morgan fingerprint density at radius 2 is 2.07 bits per heavy atom. The summed E-state index contributed by atoms with van der Waals surface area (Å²) >= 11 is 0. The van der Waals surface area contributed by atoms with Crippen LogP contribution in [0.4, 0.5) is 0 Å². The van der Waals surface area contributed by atoms with Crippen LogP contribution >= 0.6 is 0 Å². The first kappa shape index (κ1) is 13.4. The number of carbonyl (C=O) groups is 1. The van der Waals surface area contributed by atoms with Crippen molar-refractivity contribution in [2.45, 2.75) is 45.2 Å². The summed E-state index contributed by atoms with van der Waals surface area (Å²) < 4.78 is 0. The van der Waals surface area contributed by atoms with Gasteiger partial charge in [0.05, 0.1) is 18.2 Å². The number of carbonyl (C=O) groups excluding carboxylic acids is 1.